The molecule has 154 valence electrons. The van der Waals surface area contributed by atoms with E-state index in [1.807, 2.05) is 6.79 Å². The van der Waals surface area contributed by atoms with Gasteiger partial charge in [0.15, 0.2) is 0 Å². The topological polar surface area (TPSA) is 34.1 Å². The average molecular weight is 447 g/mol. The summed E-state index contributed by atoms with van der Waals surface area (Å²) < 4.78 is 26.3. The third-order valence-corrected chi connectivity index (χ3v) is 9.42. The van der Waals surface area contributed by atoms with Crippen LogP contribution in [0.3, 0.4) is 0 Å². The van der Waals surface area contributed by atoms with Crippen molar-refractivity contribution in [2.24, 2.45) is 46.8 Å². The Morgan fingerprint density at radius 1 is 1.04 bits per heavy atom. The van der Waals surface area contributed by atoms with Crippen LogP contribution in [0.15, 0.2) is 0 Å². The van der Waals surface area contributed by atoms with Gasteiger partial charge in [0.1, 0.15) is 12.6 Å². The van der Waals surface area contributed by atoms with Crippen molar-refractivity contribution < 1.29 is 18.4 Å². The highest BCUT2D eigenvalue weighted by molar-refractivity contribution is 9.09. The fraction of sp³-hybridized carbons (Fsp3) is 0.909. The van der Waals surface area contributed by atoms with Crippen LogP contribution in [0.1, 0.15) is 64.7 Å². The monoisotopic (exact) mass is 446 g/mol. The highest BCUT2D eigenvalue weighted by Crippen LogP contribution is 2.64. The van der Waals surface area contributed by atoms with Gasteiger partial charge in [-0.3, -0.25) is 4.79 Å². The summed E-state index contributed by atoms with van der Waals surface area (Å²) in [6.07, 6.45) is 7.43. The molecular formula is C22H33BrF2O2. The summed E-state index contributed by atoms with van der Waals surface area (Å²) in [4.78, 5) is 20.4. The second kappa shape index (κ2) is 8.59. The molecule has 0 bridgehead atoms. The van der Waals surface area contributed by atoms with Crippen molar-refractivity contribution in [1.82, 2.24) is 0 Å². The van der Waals surface area contributed by atoms with E-state index in [-0.39, 0.29) is 17.3 Å². The number of carbonyl (C=O) groups excluding carboxylic acids is 2. The zero-order valence-corrected chi connectivity index (χ0v) is 17.9. The van der Waals surface area contributed by atoms with E-state index >= 15 is 0 Å². The van der Waals surface area contributed by atoms with Crippen LogP contribution in [-0.4, -0.2) is 24.3 Å². The standard InChI is InChI=1S/C21H31BrF2O.CH2O/c1-21-9-8-15-14-4-3-13(20(23)24)10-12(14)2-5-16(15)17(21)6-7-18(21)19(25)11-22;1-2/h12-18,20H,2-11H2,1H3;1H2/t12?,13?,14-,15?,16+,17?,18?,21-;/m0./s1. The lowest BCUT2D eigenvalue weighted by Gasteiger charge is -2.56. The van der Waals surface area contributed by atoms with Crippen LogP contribution in [0.5, 0.6) is 0 Å². The van der Waals surface area contributed by atoms with Crippen LogP contribution in [0.2, 0.25) is 0 Å². The minimum absolute atomic E-state index is 0.193. The van der Waals surface area contributed by atoms with Gasteiger partial charge in [-0.2, -0.15) is 0 Å². The molecule has 27 heavy (non-hydrogen) atoms. The lowest BCUT2D eigenvalue weighted by atomic mass is 9.49. The third-order valence-electron chi connectivity index (χ3n) is 8.87. The van der Waals surface area contributed by atoms with Crippen molar-refractivity contribution in [3.05, 3.63) is 0 Å². The lowest BCUT2D eigenvalue weighted by Crippen LogP contribution is -2.49. The van der Waals surface area contributed by atoms with Crippen LogP contribution >= 0.6 is 15.9 Å². The van der Waals surface area contributed by atoms with E-state index in [1.165, 1.54) is 25.7 Å². The van der Waals surface area contributed by atoms with Crippen LogP contribution in [-0.2, 0) is 9.59 Å². The third kappa shape index (κ3) is 3.67. The van der Waals surface area contributed by atoms with Crippen molar-refractivity contribution in [3.63, 3.8) is 0 Å². The Morgan fingerprint density at radius 2 is 1.74 bits per heavy atom. The molecule has 4 saturated carbocycles. The number of halogens is 3. The molecule has 4 aliphatic rings. The van der Waals surface area contributed by atoms with Crippen molar-refractivity contribution in [1.29, 1.82) is 0 Å². The zero-order valence-electron chi connectivity index (χ0n) is 16.3. The molecule has 4 fully saturated rings. The molecule has 0 aromatic carbocycles. The smallest absolute Gasteiger partial charge is 0.241 e. The molecule has 4 rings (SSSR count). The number of hydrogen-bond donors (Lipinski definition) is 0. The summed E-state index contributed by atoms with van der Waals surface area (Å²) in [5.74, 6) is 3.69. The Bertz CT molecular complexity index is 542. The zero-order chi connectivity index (χ0) is 19.8. The fourth-order valence-electron chi connectivity index (χ4n) is 7.74. The summed E-state index contributed by atoms with van der Waals surface area (Å²) in [6, 6.07) is 0. The Hall–Kier alpha value is -0.320. The molecule has 0 N–H and O–H groups in total. The van der Waals surface area contributed by atoms with E-state index in [0.29, 0.717) is 28.9 Å². The second-order valence-electron chi connectivity index (χ2n) is 9.62. The van der Waals surface area contributed by atoms with Gasteiger partial charge in [-0.15, -0.1) is 0 Å². The molecular weight excluding hydrogens is 414 g/mol. The van der Waals surface area contributed by atoms with Crippen LogP contribution < -0.4 is 0 Å². The molecule has 0 saturated heterocycles. The molecule has 0 heterocycles. The minimum Gasteiger partial charge on any atom is -0.307 e. The van der Waals surface area contributed by atoms with E-state index in [9.17, 15) is 13.6 Å². The van der Waals surface area contributed by atoms with Gasteiger partial charge in [-0.1, -0.05) is 22.9 Å². The van der Waals surface area contributed by atoms with Crippen molar-refractivity contribution >= 4 is 28.5 Å². The first-order valence-electron chi connectivity index (χ1n) is 10.6. The summed E-state index contributed by atoms with van der Waals surface area (Å²) in [5, 5.41) is 0.494. The molecule has 0 spiro atoms. The summed E-state index contributed by atoms with van der Waals surface area (Å²) in [6.45, 7) is 4.38. The summed E-state index contributed by atoms with van der Waals surface area (Å²) in [5.41, 5.74) is 0.193. The van der Waals surface area contributed by atoms with Gasteiger partial charge in [0.2, 0.25) is 6.43 Å². The van der Waals surface area contributed by atoms with E-state index < -0.39 is 6.43 Å². The maximum absolute atomic E-state index is 13.2. The van der Waals surface area contributed by atoms with Crippen LogP contribution in [0.4, 0.5) is 8.78 Å². The first kappa shape index (κ1) is 21.4. The molecule has 2 nitrogen and oxygen atoms in total. The number of rotatable bonds is 3. The SMILES string of the molecule is C=O.C[C@]12CCC3[C@@H](CCC4CC(C(F)F)CC[C@@H]43)C1CCC2C(=O)CBr. The quantitative estimate of drug-likeness (QED) is 0.504. The highest BCUT2D eigenvalue weighted by atomic mass is 79.9. The Balaban J connectivity index is 0.00000102. The largest absolute Gasteiger partial charge is 0.307 e. The van der Waals surface area contributed by atoms with E-state index in [2.05, 4.69) is 22.9 Å². The maximum atomic E-state index is 13.2. The van der Waals surface area contributed by atoms with Gasteiger partial charge < -0.3 is 4.79 Å². The minimum atomic E-state index is -2.13. The highest BCUT2D eigenvalue weighted by Gasteiger charge is 2.58. The predicted octanol–water partition coefficient (Wildman–Crippen LogP) is 5.92. The molecule has 8 atom stereocenters. The van der Waals surface area contributed by atoms with E-state index in [0.717, 1.165) is 43.9 Å². The predicted molar refractivity (Wildman–Crippen MR) is 106 cm³/mol. The van der Waals surface area contributed by atoms with E-state index in [4.69, 9.17) is 4.79 Å². The van der Waals surface area contributed by atoms with Crippen LogP contribution in [0, 0.1) is 46.8 Å². The molecule has 0 aromatic heterocycles. The Kier molecular flexibility index (Phi) is 6.80. The van der Waals surface area contributed by atoms with E-state index in [1.54, 1.807) is 0 Å². The lowest BCUT2D eigenvalue weighted by molar-refractivity contribution is -0.128. The summed E-state index contributed by atoms with van der Waals surface area (Å²) >= 11 is 3.39. The molecule has 0 radical (unpaired) electrons. The van der Waals surface area contributed by atoms with Gasteiger partial charge in [0.25, 0.3) is 0 Å². The number of Topliss-reactive ketones (excluding diaryl/α,β-unsaturated/α-hetero) is 1. The molecule has 0 aromatic rings. The Labute approximate surface area is 170 Å². The molecule has 4 aliphatic carbocycles. The van der Waals surface area contributed by atoms with Gasteiger partial charge >= 0.3 is 0 Å². The van der Waals surface area contributed by atoms with Gasteiger partial charge in [0.05, 0.1) is 5.33 Å². The molecule has 0 aliphatic heterocycles. The average Bonchev–Trinajstić information content (AvgIpc) is 3.05. The normalized spacial score (nSPS) is 45.9. The Morgan fingerprint density at radius 3 is 2.41 bits per heavy atom. The first-order valence-corrected chi connectivity index (χ1v) is 11.7. The number of carbonyl (C=O) groups is 2. The maximum Gasteiger partial charge on any atom is 0.241 e. The summed E-state index contributed by atoms with van der Waals surface area (Å²) in [7, 11) is 0. The number of ketones is 1. The fourth-order valence-corrected chi connectivity index (χ4v) is 8.13. The van der Waals surface area contributed by atoms with Crippen LogP contribution in [0.25, 0.3) is 0 Å². The number of fused-ring (bicyclic) bond motifs is 5. The molecule has 5 unspecified atom stereocenters. The second-order valence-corrected chi connectivity index (χ2v) is 10.2. The molecule has 0 amide bonds. The number of alkyl halides is 3. The van der Waals surface area contributed by atoms with Gasteiger partial charge in [-0.05, 0) is 92.8 Å². The van der Waals surface area contributed by atoms with Crippen molar-refractivity contribution in [2.45, 2.75) is 71.1 Å². The first-order chi connectivity index (χ1) is 13.0. The molecule has 5 heteroatoms. The van der Waals surface area contributed by atoms with Gasteiger partial charge in [-0.25, -0.2) is 8.78 Å². The van der Waals surface area contributed by atoms with Crippen molar-refractivity contribution in [2.75, 3.05) is 5.33 Å². The van der Waals surface area contributed by atoms with Gasteiger partial charge in [0, 0.05) is 11.8 Å². The van der Waals surface area contributed by atoms with Crippen molar-refractivity contribution in [3.8, 4) is 0 Å². The number of hydrogen-bond acceptors (Lipinski definition) is 2.